The third-order valence-corrected chi connectivity index (χ3v) is 5.68. The fourth-order valence-electron chi connectivity index (χ4n) is 3.96. The molecule has 134 valence electrons. The van der Waals surface area contributed by atoms with Crippen LogP contribution in [0.2, 0.25) is 0 Å². The lowest BCUT2D eigenvalue weighted by Gasteiger charge is -2.37. The molecule has 0 atom stereocenters. The number of alkyl carbamates (subject to hydrolysis) is 1. The van der Waals surface area contributed by atoms with E-state index in [2.05, 4.69) is 29.6 Å². The molecular formula is C21H21NO4. The van der Waals surface area contributed by atoms with Crippen LogP contribution in [0.15, 0.2) is 48.5 Å². The second-order valence-corrected chi connectivity index (χ2v) is 7.12. The van der Waals surface area contributed by atoms with Gasteiger partial charge in [-0.2, -0.15) is 0 Å². The number of hydrogen-bond donors (Lipinski definition) is 2. The Kier molecular flexibility index (Phi) is 4.15. The minimum atomic E-state index is -0.845. The van der Waals surface area contributed by atoms with Crippen molar-refractivity contribution < 1.29 is 19.4 Å². The molecule has 1 fully saturated rings. The monoisotopic (exact) mass is 351 g/mol. The number of carbonyl (C=O) groups is 2. The van der Waals surface area contributed by atoms with Crippen molar-refractivity contribution in [2.45, 2.75) is 25.2 Å². The lowest BCUT2D eigenvalue weighted by molar-refractivity contribution is -0.153. The normalized spacial score (nSPS) is 16.9. The van der Waals surface area contributed by atoms with Gasteiger partial charge in [-0.1, -0.05) is 55.0 Å². The lowest BCUT2D eigenvalue weighted by Crippen LogP contribution is -2.47. The molecule has 0 aliphatic heterocycles. The third kappa shape index (κ3) is 2.73. The quantitative estimate of drug-likeness (QED) is 0.859. The van der Waals surface area contributed by atoms with E-state index in [1.54, 1.807) is 0 Å². The molecule has 0 unspecified atom stereocenters. The number of benzene rings is 2. The molecule has 26 heavy (non-hydrogen) atoms. The van der Waals surface area contributed by atoms with Gasteiger partial charge in [0.25, 0.3) is 0 Å². The summed E-state index contributed by atoms with van der Waals surface area (Å²) in [7, 11) is 0. The summed E-state index contributed by atoms with van der Waals surface area (Å²) in [6.45, 7) is 0.360. The summed E-state index contributed by atoms with van der Waals surface area (Å²) in [6, 6.07) is 16.3. The predicted octanol–water partition coefficient (Wildman–Crippen LogP) is 3.78. The van der Waals surface area contributed by atoms with Crippen LogP contribution >= 0.6 is 0 Å². The largest absolute Gasteiger partial charge is 0.481 e. The summed E-state index contributed by atoms with van der Waals surface area (Å²) in [5.74, 6) is -0.840. The van der Waals surface area contributed by atoms with Crippen molar-refractivity contribution in [2.24, 2.45) is 5.41 Å². The van der Waals surface area contributed by atoms with E-state index in [-0.39, 0.29) is 19.1 Å². The summed E-state index contributed by atoms with van der Waals surface area (Å²) < 4.78 is 5.44. The highest BCUT2D eigenvalue weighted by Gasteiger charge is 2.44. The Morgan fingerprint density at radius 2 is 1.62 bits per heavy atom. The van der Waals surface area contributed by atoms with Crippen LogP contribution < -0.4 is 5.32 Å². The fraction of sp³-hybridized carbons (Fsp3) is 0.333. The van der Waals surface area contributed by atoms with Crippen molar-refractivity contribution in [1.29, 1.82) is 0 Å². The van der Waals surface area contributed by atoms with Crippen molar-refractivity contribution >= 4 is 12.1 Å². The summed E-state index contributed by atoms with van der Waals surface area (Å²) in [4.78, 5) is 23.5. The fourth-order valence-corrected chi connectivity index (χ4v) is 3.96. The van der Waals surface area contributed by atoms with Gasteiger partial charge in [-0.05, 0) is 35.1 Å². The van der Waals surface area contributed by atoms with Crippen LogP contribution in [-0.4, -0.2) is 30.3 Å². The lowest BCUT2D eigenvalue weighted by atomic mass is 9.69. The van der Waals surface area contributed by atoms with Crippen molar-refractivity contribution in [3.63, 3.8) is 0 Å². The number of amides is 1. The number of rotatable bonds is 5. The Balaban J connectivity index is 1.42. The number of hydrogen-bond acceptors (Lipinski definition) is 3. The zero-order chi connectivity index (χ0) is 18.1. The summed E-state index contributed by atoms with van der Waals surface area (Å²) >= 11 is 0. The number of aliphatic carboxylic acids is 1. The topological polar surface area (TPSA) is 75.6 Å². The van der Waals surface area contributed by atoms with E-state index in [9.17, 15) is 14.7 Å². The number of ether oxygens (including phenoxy) is 1. The maximum absolute atomic E-state index is 12.1. The first-order valence-electron chi connectivity index (χ1n) is 8.93. The second kappa shape index (κ2) is 6.48. The van der Waals surface area contributed by atoms with E-state index < -0.39 is 17.5 Å². The Morgan fingerprint density at radius 3 is 2.12 bits per heavy atom. The Morgan fingerprint density at radius 1 is 1.04 bits per heavy atom. The van der Waals surface area contributed by atoms with E-state index in [1.807, 2.05) is 24.3 Å². The second-order valence-electron chi connectivity index (χ2n) is 7.12. The summed E-state index contributed by atoms with van der Waals surface area (Å²) in [5.41, 5.74) is 3.85. The molecule has 0 aromatic heterocycles. The van der Waals surface area contributed by atoms with Crippen LogP contribution in [0, 0.1) is 5.41 Å². The molecule has 1 amide bonds. The van der Waals surface area contributed by atoms with Crippen molar-refractivity contribution in [3.05, 3.63) is 59.7 Å². The van der Waals surface area contributed by atoms with E-state index >= 15 is 0 Å². The zero-order valence-corrected chi connectivity index (χ0v) is 14.4. The number of carboxylic acid groups (broad SMARTS) is 1. The number of fused-ring (bicyclic) bond motifs is 3. The van der Waals surface area contributed by atoms with E-state index in [4.69, 9.17) is 4.74 Å². The van der Waals surface area contributed by atoms with Crippen molar-refractivity contribution in [2.75, 3.05) is 13.2 Å². The maximum Gasteiger partial charge on any atom is 0.407 e. The van der Waals surface area contributed by atoms with Crippen molar-refractivity contribution in [1.82, 2.24) is 5.32 Å². The van der Waals surface area contributed by atoms with Gasteiger partial charge in [0.15, 0.2) is 0 Å². The average Bonchev–Trinajstić information content (AvgIpc) is 2.93. The number of nitrogens with one attached hydrogen (secondary N) is 1. The van der Waals surface area contributed by atoms with Gasteiger partial charge in [-0.15, -0.1) is 0 Å². The molecule has 2 aliphatic carbocycles. The number of carbonyl (C=O) groups excluding carboxylic acids is 1. The highest BCUT2D eigenvalue weighted by Crippen LogP contribution is 2.44. The van der Waals surface area contributed by atoms with E-state index in [1.165, 1.54) is 11.1 Å². The zero-order valence-electron chi connectivity index (χ0n) is 14.4. The van der Waals surface area contributed by atoms with Crippen LogP contribution in [0.1, 0.15) is 36.3 Å². The molecule has 5 heteroatoms. The van der Waals surface area contributed by atoms with Crippen LogP contribution in [0.4, 0.5) is 4.79 Å². The molecule has 0 heterocycles. The summed E-state index contributed by atoms with van der Waals surface area (Å²) in [5, 5.41) is 12.0. The molecule has 2 aromatic rings. The SMILES string of the molecule is O=C(NCC1(C(=O)O)CCC1)OCC1c2ccccc2-c2ccccc21. The van der Waals surface area contributed by atoms with Crippen LogP contribution in [0.25, 0.3) is 11.1 Å². The predicted molar refractivity (Wildman–Crippen MR) is 97.0 cm³/mol. The van der Waals surface area contributed by atoms with Crippen molar-refractivity contribution in [3.8, 4) is 11.1 Å². The van der Waals surface area contributed by atoms with Gasteiger partial charge in [-0.3, -0.25) is 4.79 Å². The van der Waals surface area contributed by atoms with Gasteiger partial charge >= 0.3 is 12.1 Å². The smallest absolute Gasteiger partial charge is 0.407 e. The van der Waals surface area contributed by atoms with Gasteiger partial charge in [-0.25, -0.2) is 4.79 Å². The molecular weight excluding hydrogens is 330 g/mol. The average molecular weight is 351 g/mol. The standard InChI is InChI=1S/C21H21NO4/c23-19(24)21(10-5-11-21)13-22-20(25)26-12-18-16-8-3-1-6-14(16)15-7-2-4-9-17(15)18/h1-4,6-9,18H,5,10-13H2,(H,22,25)(H,23,24). The maximum atomic E-state index is 12.1. The molecule has 2 aliphatic rings. The van der Waals surface area contributed by atoms with E-state index in [0.717, 1.165) is 17.5 Å². The molecule has 2 N–H and O–H groups in total. The Labute approximate surface area is 152 Å². The van der Waals surface area contributed by atoms with E-state index in [0.29, 0.717) is 12.8 Å². The van der Waals surface area contributed by atoms with Gasteiger partial charge < -0.3 is 15.2 Å². The molecule has 0 spiro atoms. The summed E-state index contributed by atoms with van der Waals surface area (Å²) in [6.07, 6.45) is 1.54. The first-order valence-corrected chi connectivity index (χ1v) is 8.93. The number of carboxylic acids is 1. The molecule has 0 bridgehead atoms. The highest BCUT2D eigenvalue weighted by molar-refractivity contribution is 5.79. The Hall–Kier alpha value is -2.82. The minimum absolute atomic E-state index is 0.00490. The Bertz CT molecular complexity index is 811. The first kappa shape index (κ1) is 16.6. The van der Waals surface area contributed by atoms with Gasteiger partial charge in [0, 0.05) is 12.5 Å². The molecule has 0 saturated heterocycles. The molecule has 4 rings (SSSR count). The first-order chi connectivity index (χ1) is 12.6. The van der Waals surface area contributed by atoms with Crippen LogP contribution in [0.3, 0.4) is 0 Å². The van der Waals surface area contributed by atoms with Gasteiger partial charge in [0.2, 0.25) is 0 Å². The van der Waals surface area contributed by atoms with Gasteiger partial charge in [0.1, 0.15) is 6.61 Å². The third-order valence-electron chi connectivity index (χ3n) is 5.68. The van der Waals surface area contributed by atoms with Crippen LogP contribution in [0.5, 0.6) is 0 Å². The molecule has 0 radical (unpaired) electrons. The minimum Gasteiger partial charge on any atom is -0.481 e. The van der Waals surface area contributed by atoms with Crippen LogP contribution in [-0.2, 0) is 9.53 Å². The molecule has 5 nitrogen and oxygen atoms in total. The molecule has 2 aromatic carbocycles. The molecule has 1 saturated carbocycles. The van der Waals surface area contributed by atoms with Gasteiger partial charge in [0.05, 0.1) is 5.41 Å². The highest BCUT2D eigenvalue weighted by atomic mass is 16.5.